The maximum atomic E-state index is 12.5. The van der Waals surface area contributed by atoms with Gasteiger partial charge in [0.2, 0.25) is 0 Å². The summed E-state index contributed by atoms with van der Waals surface area (Å²) in [5.74, 6) is 0.893. The smallest absolute Gasteiger partial charge is 0.136 e. The Morgan fingerprint density at radius 1 is 1.45 bits per heavy atom. The summed E-state index contributed by atoms with van der Waals surface area (Å²) in [4.78, 5) is 4.57. The number of rotatable bonds is 4. The second-order valence-corrected chi connectivity index (χ2v) is 8.64. The molecule has 4 nitrogen and oxygen atoms in total. The predicted molar refractivity (Wildman–Crippen MR) is 92.9 cm³/mol. The average molecular weight is 319 g/mol. The van der Waals surface area contributed by atoms with Crippen LogP contribution < -0.4 is 4.72 Å². The Morgan fingerprint density at radius 3 is 2.64 bits per heavy atom. The summed E-state index contributed by atoms with van der Waals surface area (Å²) in [6, 6.07) is -0.157. The van der Waals surface area contributed by atoms with Crippen LogP contribution >= 0.6 is 0 Å². The number of nitrogens with one attached hydrogen (secondary N) is 1. The summed E-state index contributed by atoms with van der Waals surface area (Å²) in [7, 11) is 1.99. The van der Waals surface area contributed by atoms with Crippen LogP contribution in [0.25, 0.3) is 0 Å². The van der Waals surface area contributed by atoms with E-state index in [1.165, 1.54) is 0 Å². The Balaban J connectivity index is 2.43. The molecular formula is C17H25N3OS. The van der Waals surface area contributed by atoms with Crippen LogP contribution in [-0.4, -0.2) is 24.9 Å². The molecule has 22 heavy (non-hydrogen) atoms. The van der Waals surface area contributed by atoms with Crippen LogP contribution in [0.2, 0.25) is 0 Å². The molecule has 120 valence electrons. The van der Waals surface area contributed by atoms with E-state index in [9.17, 15) is 4.55 Å². The molecule has 0 spiro atoms. The van der Waals surface area contributed by atoms with Gasteiger partial charge in [-0.1, -0.05) is 30.4 Å². The van der Waals surface area contributed by atoms with E-state index < -0.39 is 16.8 Å². The summed E-state index contributed by atoms with van der Waals surface area (Å²) >= 11 is -1.18. The fourth-order valence-corrected chi connectivity index (χ4v) is 3.34. The topological polar surface area (TPSA) is 52.9 Å². The molecular weight excluding hydrogens is 294 g/mol. The number of aryl methyl sites for hydroxylation is 1. The van der Waals surface area contributed by atoms with Crippen LogP contribution in [-0.2, 0) is 23.8 Å². The Kier molecular flexibility index (Phi) is 4.70. The first-order chi connectivity index (χ1) is 10.2. The lowest BCUT2D eigenvalue weighted by Crippen LogP contribution is -2.53. The fourth-order valence-electron chi connectivity index (χ4n) is 2.48. The molecule has 0 amide bonds. The molecule has 1 aromatic heterocycles. The van der Waals surface area contributed by atoms with Gasteiger partial charge in [0.15, 0.2) is 0 Å². The van der Waals surface area contributed by atoms with Gasteiger partial charge in [-0.15, -0.1) is 11.3 Å². The predicted octanol–water partition coefficient (Wildman–Crippen LogP) is 2.70. The highest BCUT2D eigenvalue weighted by atomic mass is 32.2. The lowest BCUT2D eigenvalue weighted by atomic mass is 9.77. The summed E-state index contributed by atoms with van der Waals surface area (Å²) in [5, 5.41) is 0. The van der Waals surface area contributed by atoms with Crippen molar-refractivity contribution in [2.45, 2.75) is 43.9 Å². The molecule has 1 N–H and O–H groups in total. The van der Waals surface area contributed by atoms with E-state index in [2.05, 4.69) is 26.9 Å². The number of aromatic nitrogens is 2. The molecule has 1 heterocycles. The summed E-state index contributed by atoms with van der Waals surface area (Å²) in [5.41, 5.74) is 0.563. The first-order valence-electron chi connectivity index (χ1n) is 7.39. The van der Waals surface area contributed by atoms with E-state index >= 15 is 0 Å². The van der Waals surface area contributed by atoms with E-state index in [1.807, 2.05) is 65.2 Å². The SMILES string of the molecule is C=CC1(c2ncc(C)n2C)C=CC=CC1N[S+]([O-])C(C)(C)C. The van der Waals surface area contributed by atoms with Gasteiger partial charge in [-0.2, -0.15) is 0 Å². The van der Waals surface area contributed by atoms with Crippen LogP contribution in [0.3, 0.4) is 0 Å². The number of allylic oxidation sites excluding steroid dienone is 2. The van der Waals surface area contributed by atoms with Crippen molar-refractivity contribution in [1.82, 2.24) is 14.3 Å². The fraction of sp³-hybridized carbons (Fsp3) is 0.471. The van der Waals surface area contributed by atoms with Crippen molar-refractivity contribution in [3.05, 3.63) is 54.7 Å². The minimum absolute atomic E-state index is 0.157. The summed E-state index contributed by atoms with van der Waals surface area (Å²) in [6.07, 6.45) is 11.8. The molecule has 1 aliphatic carbocycles. The molecule has 0 saturated carbocycles. The summed E-state index contributed by atoms with van der Waals surface area (Å²) < 4.78 is 17.5. The zero-order valence-electron chi connectivity index (χ0n) is 14.0. The Labute approximate surface area is 136 Å². The van der Waals surface area contributed by atoms with Crippen molar-refractivity contribution in [3.63, 3.8) is 0 Å². The minimum atomic E-state index is -1.18. The van der Waals surface area contributed by atoms with Gasteiger partial charge < -0.3 is 9.12 Å². The second-order valence-electron chi connectivity index (χ2n) is 6.64. The third-order valence-corrected chi connectivity index (χ3v) is 5.62. The van der Waals surface area contributed by atoms with E-state index in [-0.39, 0.29) is 10.8 Å². The zero-order valence-corrected chi connectivity index (χ0v) is 14.8. The van der Waals surface area contributed by atoms with Crippen LogP contribution in [0.4, 0.5) is 0 Å². The van der Waals surface area contributed by atoms with Crippen molar-refractivity contribution >= 4 is 11.4 Å². The second kappa shape index (κ2) is 6.07. The van der Waals surface area contributed by atoms with E-state index in [0.29, 0.717) is 0 Å². The van der Waals surface area contributed by atoms with Gasteiger partial charge in [0.1, 0.15) is 10.6 Å². The van der Waals surface area contributed by atoms with Crippen molar-refractivity contribution in [2.24, 2.45) is 7.05 Å². The molecule has 2 rings (SSSR count). The maximum absolute atomic E-state index is 12.5. The van der Waals surface area contributed by atoms with Gasteiger partial charge in [-0.05, 0) is 27.7 Å². The van der Waals surface area contributed by atoms with Crippen LogP contribution in [0, 0.1) is 6.92 Å². The van der Waals surface area contributed by atoms with Crippen molar-refractivity contribution in [1.29, 1.82) is 0 Å². The van der Waals surface area contributed by atoms with Crippen molar-refractivity contribution in [3.8, 4) is 0 Å². The molecule has 1 aliphatic rings. The van der Waals surface area contributed by atoms with Gasteiger partial charge in [0, 0.05) is 30.3 Å². The maximum Gasteiger partial charge on any atom is 0.136 e. The lowest BCUT2D eigenvalue weighted by molar-refractivity contribution is 0.470. The third-order valence-electron chi connectivity index (χ3n) is 4.04. The first kappa shape index (κ1) is 17.1. The molecule has 3 unspecified atom stereocenters. The molecule has 5 heteroatoms. The minimum Gasteiger partial charge on any atom is -0.598 e. The van der Waals surface area contributed by atoms with Crippen LogP contribution in [0.1, 0.15) is 32.3 Å². The number of imidazole rings is 1. The molecule has 0 saturated heterocycles. The molecule has 0 radical (unpaired) electrons. The average Bonchev–Trinajstić information content (AvgIpc) is 2.79. The highest BCUT2D eigenvalue weighted by Gasteiger charge is 2.43. The molecule has 3 atom stereocenters. The van der Waals surface area contributed by atoms with Crippen LogP contribution in [0.5, 0.6) is 0 Å². The van der Waals surface area contributed by atoms with Gasteiger partial charge in [0.25, 0.3) is 0 Å². The molecule has 1 aromatic rings. The molecule has 0 bridgehead atoms. The Bertz CT molecular complexity index is 612. The Hall–Kier alpha value is -1.30. The monoisotopic (exact) mass is 319 g/mol. The van der Waals surface area contributed by atoms with E-state index in [4.69, 9.17) is 0 Å². The van der Waals surface area contributed by atoms with Crippen molar-refractivity contribution < 1.29 is 4.55 Å². The number of hydrogen-bond acceptors (Lipinski definition) is 3. The van der Waals surface area contributed by atoms with Crippen molar-refractivity contribution in [2.75, 3.05) is 0 Å². The highest BCUT2D eigenvalue weighted by Crippen LogP contribution is 2.34. The van der Waals surface area contributed by atoms with Gasteiger partial charge in [-0.3, -0.25) is 0 Å². The van der Waals surface area contributed by atoms with Crippen LogP contribution in [0.15, 0.2) is 43.2 Å². The molecule has 0 aromatic carbocycles. The van der Waals surface area contributed by atoms with E-state index in [0.717, 1.165) is 11.5 Å². The summed E-state index contributed by atoms with van der Waals surface area (Å²) in [6.45, 7) is 11.9. The standard InChI is InChI=1S/C17H25N3OS/c1-7-17(15-18-12-13(2)20(15)6)11-9-8-10-14(17)19-22(21)16(3,4)5/h7-12,14,19H,1H2,2-6H3. The first-order valence-corrected chi connectivity index (χ1v) is 8.54. The highest BCUT2D eigenvalue weighted by molar-refractivity contribution is 7.90. The number of hydrogen-bond donors (Lipinski definition) is 1. The Morgan fingerprint density at radius 2 is 2.14 bits per heavy atom. The zero-order chi connectivity index (χ0) is 16.5. The van der Waals surface area contributed by atoms with Gasteiger partial charge >= 0.3 is 0 Å². The molecule has 0 fully saturated rings. The molecule has 0 aliphatic heterocycles. The number of nitrogens with zero attached hydrogens (tertiary/aromatic N) is 2. The van der Waals surface area contributed by atoms with Gasteiger partial charge in [-0.25, -0.2) is 4.98 Å². The third kappa shape index (κ3) is 2.93. The van der Waals surface area contributed by atoms with E-state index in [1.54, 1.807) is 0 Å². The normalized spacial score (nSPS) is 26.2. The lowest BCUT2D eigenvalue weighted by Gasteiger charge is -2.37. The van der Waals surface area contributed by atoms with Gasteiger partial charge in [0.05, 0.1) is 11.5 Å². The quantitative estimate of drug-likeness (QED) is 0.686. The largest absolute Gasteiger partial charge is 0.598 e.